The summed E-state index contributed by atoms with van der Waals surface area (Å²) < 4.78 is 11.1. The molecule has 11 aromatic rings. The fourth-order valence-corrected chi connectivity index (χ4v) is 8.63. The summed E-state index contributed by atoms with van der Waals surface area (Å²) in [5.74, 6) is 0. The molecule has 0 aliphatic rings. The molecule has 3 heterocycles. The third kappa shape index (κ3) is 4.51. The van der Waals surface area contributed by atoms with Crippen molar-refractivity contribution in [2.24, 2.45) is 0 Å². The second-order valence-electron chi connectivity index (χ2n) is 13.9. The van der Waals surface area contributed by atoms with Crippen molar-refractivity contribution in [3.8, 4) is 45.8 Å². The van der Waals surface area contributed by atoms with Crippen molar-refractivity contribution in [2.75, 3.05) is 0 Å². The second kappa shape index (κ2) is 11.8. The summed E-state index contributed by atoms with van der Waals surface area (Å²) in [7, 11) is 0. The lowest BCUT2D eigenvalue weighted by molar-refractivity contribution is 0.671. The number of furan rings is 1. The van der Waals surface area contributed by atoms with E-state index in [9.17, 15) is 10.5 Å². The summed E-state index contributed by atoms with van der Waals surface area (Å²) in [6.45, 7) is 0. The van der Waals surface area contributed by atoms with Crippen LogP contribution in [0.25, 0.3) is 99.2 Å². The van der Waals surface area contributed by atoms with Gasteiger partial charge >= 0.3 is 0 Å². The highest BCUT2D eigenvalue weighted by Gasteiger charge is 2.21. The van der Waals surface area contributed by atoms with Crippen molar-refractivity contribution in [2.45, 2.75) is 0 Å². The van der Waals surface area contributed by atoms with Gasteiger partial charge in [-0.1, -0.05) is 103 Å². The Morgan fingerprint density at radius 1 is 0.400 bits per heavy atom. The molecule has 0 amide bonds. The lowest BCUT2D eigenvalue weighted by Crippen LogP contribution is -1.97. The van der Waals surface area contributed by atoms with Gasteiger partial charge in [0.1, 0.15) is 11.7 Å². The van der Waals surface area contributed by atoms with Gasteiger partial charge in [0.15, 0.2) is 5.58 Å². The van der Waals surface area contributed by atoms with Crippen LogP contribution in [0.3, 0.4) is 0 Å². The van der Waals surface area contributed by atoms with Crippen LogP contribution < -0.4 is 0 Å². The predicted octanol–water partition coefficient (Wildman–Crippen LogP) is 12.9. The van der Waals surface area contributed by atoms with Crippen LogP contribution in [-0.4, -0.2) is 9.13 Å². The molecule has 254 valence electrons. The largest absolute Gasteiger partial charge is 0.454 e. The van der Waals surface area contributed by atoms with Crippen molar-refractivity contribution < 1.29 is 4.42 Å². The first-order valence-electron chi connectivity index (χ1n) is 18.2. The third-order valence-electron chi connectivity index (χ3n) is 11.0. The molecule has 8 aromatic carbocycles. The van der Waals surface area contributed by atoms with Crippen LogP contribution in [0, 0.1) is 22.7 Å². The van der Waals surface area contributed by atoms with Gasteiger partial charge in [-0.3, -0.25) is 0 Å². The summed E-state index contributed by atoms with van der Waals surface area (Å²) in [6, 6.07) is 63.3. The fraction of sp³-hybridized carbons (Fsp3) is 0. The van der Waals surface area contributed by atoms with Crippen LogP contribution in [0.15, 0.2) is 174 Å². The molecule has 0 unspecified atom stereocenters. The van der Waals surface area contributed by atoms with Gasteiger partial charge in [-0.25, -0.2) is 0 Å². The van der Waals surface area contributed by atoms with Gasteiger partial charge in [0.2, 0.25) is 0 Å². The Morgan fingerprint density at radius 3 is 1.71 bits per heavy atom. The van der Waals surface area contributed by atoms with Gasteiger partial charge in [0.05, 0.1) is 44.6 Å². The number of rotatable bonds is 4. The van der Waals surface area contributed by atoms with Crippen LogP contribution in [0.5, 0.6) is 0 Å². The van der Waals surface area contributed by atoms with Crippen LogP contribution in [0.1, 0.15) is 11.1 Å². The zero-order valence-electron chi connectivity index (χ0n) is 29.4. The Kier molecular flexibility index (Phi) is 6.61. The molecule has 0 atom stereocenters. The number of benzene rings is 8. The minimum absolute atomic E-state index is 0.527. The predicted molar refractivity (Wildman–Crippen MR) is 223 cm³/mol. The van der Waals surface area contributed by atoms with Crippen LogP contribution in [0.2, 0.25) is 0 Å². The maximum atomic E-state index is 10.3. The number of fused-ring (bicyclic) bond motifs is 10. The van der Waals surface area contributed by atoms with Gasteiger partial charge in [0.25, 0.3) is 0 Å². The molecule has 0 N–H and O–H groups in total. The van der Waals surface area contributed by atoms with Crippen LogP contribution in [0.4, 0.5) is 0 Å². The molecular formula is C50H28N4O. The van der Waals surface area contributed by atoms with Crippen molar-refractivity contribution in [1.29, 1.82) is 10.5 Å². The molecule has 0 aliphatic heterocycles. The van der Waals surface area contributed by atoms with Gasteiger partial charge < -0.3 is 13.6 Å². The first-order valence-corrected chi connectivity index (χ1v) is 18.2. The molecule has 0 aliphatic carbocycles. The van der Waals surface area contributed by atoms with Gasteiger partial charge in [-0.15, -0.1) is 0 Å². The summed E-state index contributed by atoms with van der Waals surface area (Å²) in [5, 5.41) is 26.5. The molecule has 0 saturated heterocycles. The smallest absolute Gasteiger partial charge is 0.153 e. The Bertz CT molecular complexity index is 3420. The fourth-order valence-electron chi connectivity index (χ4n) is 8.63. The van der Waals surface area contributed by atoms with Crippen molar-refractivity contribution in [3.05, 3.63) is 181 Å². The van der Waals surface area contributed by atoms with E-state index in [0.29, 0.717) is 16.7 Å². The van der Waals surface area contributed by atoms with Gasteiger partial charge in [-0.05, 0) is 89.0 Å². The van der Waals surface area contributed by atoms with Crippen LogP contribution in [-0.2, 0) is 0 Å². The van der Waals surface area contributed by atoms with E-state index in [2.05, 4.69) is 161 Å². The zero-order valence-corrected chi connectivity index (χ0v) is 29.4. The normalized spacial score (nSPS) is 11.6. The first kappa shape index (κ1) is 30.7. The van der Waals surface area contributed by atoms with Crippen molar-refractivity contribution >= 4 is 65.6 Å². The SMILES string of the molecule is N#Cc1cc(-c2ccccc2-c2cccc(-n3c4ccccc4c4c5oc6c(C#N)cccc6c5ccc43)c2)cc(-n2c3ccccc3c3ccccc32)c1. The Hall–Kier alpha value is -7.86. The molecule has 0 fully saturated rings. The number of para-hydroxylation sites is 4. The number of hydrogen-bond donors (Lipinski definition) is 0. The number of nitrogens with zero attached hydrogens (tertiary/aromatic N) is 4. The Labute approximate surface area is 315 Å². The minimum atomic E-state index is 0.527. The Morgan fingerprint density at radius 2 is 0.982 bits per heavy atom. The highest BCUT2D eigenvalue weighted by molar-refractivity contribution is 6.24. The summed E-state index contributed by atoms with van der Waals surface area (Å²) in [4.78, 5) is 0. The molecule has 55 heavy (non-hydrogen) atoms. The monoisotopic (exact) mass is 700 g/mol. The average Bonchev–Trinajstić information content (AvgIpc) is 3.91. The maximum Gasteiger partial charge on any atom is 0.153 e. The lowest BCUT2D eigenvalue weighted by Gasteiger charge is -2.15. The molecule has 0 radical (unpaired) electrons. The summed E-state index contributed by atoms with van der Waals surface area (Å²) in [5.41, 5.74) is 12.9. The summed E-state index contributed by atoms with van der Waals surface area (Å²) in [6.07, 6.45) is 0. The van der Waals surface area contributed by atoms with Crippen LogP contribution >= 0.6 is 0 Å². The lowest BCUT2D eigenvalue weighted by atomic mass is 9.93. The second-order valence-corrected chi connectivity index (χ2v) is 13.9. The van der Waals surface area contributed by atoms with Crippen molar-refractivity contribution in [3.63, 3.8) is 0 Å². The minimum Gasteiger partial charge on any atom is -0.454 e. The highest BCUT2D eigenvalue weighted by Crippen LogP contribution is 2.42. The van der Waals surface area contributed by atoms with E-state index in [1.807, 2.05) is 24.3 Å². The molecule has 11 rings (SSSR count). The van der Waals surface area contributed by atoms with E-state index in [0.717, 1.165) is 82.8 Å². The van der Waals surface area contributed by atoms with E-state index in [1.54, 1.807) is 6.07 Å². The van der Waals surface area contributed by atoms with E-state index in [1.165, 1.54) is 10.8 Å². The van der Waals surface area contributed by atoms with Crippen molar-refractivity contribution in [1.82, 2.24) is 9.13 Å². The number of nitriles is 2. The highest BCUT2D eigenvalue weighted by atomic mass is 16.3. The average molecular weight is 701 g/mol. The van der Waals surface area contributed by atoms with E-state index in [4.69, 9.17) is 4.42 Å². The standard InChI is InChI=1S/C50H28N4O/c51-29-31-25-34(28-36(26-31)54-44-20-6-3-16-39(44)40-17-4-7-21-45(40)54)38-15-2-1-14-37(38)32-11-9-13-35(27-32)53-46-22-8-5-18-43(46)48-47(53)24-23-42-41-19-10-12-33(30-52)49(41)55-50(42)48/h1-28H. The van der Waals surface area contributed by atoms with E-state index in [-0.39, 0.29) is 0 Å². The molecule has 5 nitrogen and oxygen atoms in total. The molecule has 0 spiro atoms. The molecule has 3 aromatic heterocycles. The molecule has 0 saturated carbocycles. The molecular weight excluding hydrogens is 673 g/mol. The summed E-state index contributed by atoms with van der Waals surface area (Å²) >= 11 is 0. The molecule has 0 bridgehead atoms. The van der Waals surface area contributed by atoms with E-state index < -0.39 is 0 Å². The number of aromatic nitrogens is 2. The Balaban J connectivity index is 1.10. The van der Waals surface area contributed by atoms with Gasteiger partial charge in [0, 0.05) is 38.3 Å². The third-order valence-corrected chi connectivity index (χ3v) is 11.0. The molecule has 5 heteroatoms. The maximum absolute atomic E-state index is 10.3. The van der Waals surface area contributed by atoms with E-state index >= 15 is 0 Å². The van der Waals surface area contributed by atoms with Gasteiger partial charge in [-0.2, -0.15) is 10.5 Å². The zero-order chi connectivity index (χ0) is 36.6. The first-order chi connectivity index (χ1) is 27.2. The topological polar surface area (TPSA) is 70.6 Å². The number of hydrogen-bond acceptors (Lipinski definition) is 3. The quantitative estimate of drug-likeness (QED) is 0.183.